The molecule has 0 fully saturated rings. The summed E-state index contributed by atoms with van der Waals surface area (Å²) in [4.78, 5) is 36.0. The van der Waals surface area contributed by atoms with Crippen molar-refractivity contribution < 1.29 is 19.1 Å². The number of hydrogen-bond acceptors (Lipinski definition) is 4. The fourth-order valence-electron chi connectivity index (χ4n) is 2.87. The summed E-state index contributed by atoms with van der Waals surface area (Å²) in [5.74, 6) is -0.942. The molecule has 0 saturated carbocycles. The van der Waals surface area contributed by atoms with Gasteiger partial charge in [0, 0.05) is 12.6 Å². The van der Waals surface area contributed by atoms with Crippen molar-refractivity contribution in [3.05, 3.63) is 70.3 Å². The van der Waals surface area contributed by atoms with Gasteiger partial charge in [0.1, 0.15) is 0 Å². The monoisotopic (exact) mass is 425 g/mol. The molecule has 2 aromatic rings. The Morgan fingerprint density at radius 2 is 1.58 bits per heavy atom. The van der Waals surface area contributed by atoms with Gasteiger partial charge in [-0.1, -0.05) is 30.3 Å². The van der Waals surface area contributed by atoms with Crippen molar-refractivity contribution in [2.45, 2.75) is 53.2 Å². The van der Waals surface area contributed by atoms with Gasteiger partial charge < -0.3 is 20.7 Å². The first kappa shape index (κ1) is 23.9. The maximum atomic E-state index is 12.2. The SMILES string of the molecule is Cc1ccc([C@H](C)NC(=O)COC(=O)c2ccc(CNC(=O)NC(C)C)cc2)cc1C. The molecule has 0 radical (unpaired) electrons. The number of aryl methyl sites for hydroxylation is 2. The number of hydrogen-bond donors (Lipinski definition) is 3. The minimum Gasteiger partial charge on any atom is -0.452 e. The van der Waals surface area contributed by atoms with Gasteiger partial charge >= 0.3 is 12.0 Å². The van der Waals surface area contributed by atoms with E-state index in [9.17, 15) is 14.4 Å². The van der Waals surface area contributed by atoms with Crippen LogP contribution in [-0.4, -0.2) is 30.6 Å². The van der Waals surface area contributed by atoms with Crippen molar-refractivity contribution in [3.8, 4) is 0 Å². The van der Waals surface area contributed by atoms with Crippen LogP contribution in [0.5, 0.6) is 0 Å². The van der Waals surface area contributed by atoms with Gasteiger partial charge in [0.15, 0.2) is 6.61 Å². The summed E-state index contributed by atoms with van der Waals surface area (Å²) in [6.07, 6.45) is 0. The normalized spacial score (nSPS) is 11.5. The Morgan fingerprint density at radius 1 is 0.903 bits per heavy atom. The molecule has 0 heterocycles. The van der Waals surface area contributed by atoms with Crippen LogP contribution in [0.25, 0.3) is 0 Å². The molecule has 7 heteroatoms. The van der Waals surface area contributed by atoms with Crippen LogP contribution in [0.15, 0.2) is 42.5 Å². The van der Waals surface area contributed by atoms with Crippen molar-refractivity contribution >= 4 is 17.9 Å². The van der Waals surface area contributed by atoms with E-state index in [1.807, 2.05) is 52.8 Å². The summed E-state index contributed by atoms with van der Waals surface area (Å²) in [5, 5.41) is 8.31. The molecule has 0 aliphatic rings. The predicted molar refractivity (Wildman–Crippen MR) is 120 cm³/mol. The fraction of sp³-hybridized carbons (Fsp3) is 0.375. The molecular weight excluding hydrogens is 394 g/mol. The molecular formula is C24H31N3O4. The molecule has 2 rings (SSSR count). The standard InChI is InChI=1S/C24H31N3O4/c1-15(2)26-24(30)25-13-19-7-10-20(11-8-19)23(29)31-14-22(28)27-18(5)21-9-6-16(3)17(4)12-21/h6-12,15,18H,13-14H2,1-5H3,(H,27,28)(H2,25,26,30)/t18-/m0/s1. The van der Waals surface area contributed by atoms with Gasteiger partial charge in [-0.25, -0.2) is 9.59 Å². The van der Waals surface area contributed by atoms with Gasteiger partial charge in [0.05, 0.1) is 11.6 Å². The van der Waals surface area contributed by atoms with E-state index in [4.69, 9.17) is 4.74 Å². The highest BCUT2D eigenvalue weighted by atomic mass is 16.5. The lowest BCUT2D eigenvalue weighted by Gasteiger charge is -2.16. The predicted octanol–water partition coefficient (Wildman–Crippen LogP) is 3.55. The molecule has 0 aliphatic carbocycles. The Labute approximate surface area is 183 Å². The third kappa shape index (κ3) is 7.77. The number of urea groups is 1. The van der Waals surface area contributed by atoms with Crippen molar-refractivity contribution in [2.75, 3.05) is 6.61 Å². The van der Waals surface area contributed by atoms with Gasteiger partial charge in [-0.05, 0) is 69.0 Å². The second kappa shape index (κ2) is 11.2. The van der Waals surface area contributed by atoms with E-state index in [-0.39, 0.29) is 30.6 Å². The number of benzene rings is 2. The maximum Gasteiger partial charge on any atom is 0.338 e. The second-order valence-corrected chi connectivity index (χ2v) is 7.89. The largest absolute Gasteiger partial charge is 0.452 e. The molecule has 3 N–H and O–H groups in total. The highest BCUT2D eigenvalue weighted by Crippen LogP contribution is 2.16. The molecule has 1 atom stereocenters. The molecule has 166 valence electrons. The molecule has 0 aliphatic heterocycles. The summed E-state index contributed by atoms with van der Waals surface area (Å²) in [7, 11) is 0. The number of amides is 3. The van der Waals surface area contributed by atoms with E-state index in [1.54, 1.807) is 24.3 Å². The third-order valence-electron chi connectivity index (χ3n) is 4.81. The zero-order valence-corrected chi connectivity index (χ0v) is 18.7. The van der Waals surface area contributed by atoms with Crippen LogP contribution in [0.4, 0.5) is 4.79 Å². The van der Waals surface area contributed by atoms with Gasteiger partial charge in [0.2, 0.25) is 0 Å². The molecule has 0 bridgehead atoms. The van der Waals surface area contributed by atoms with E-state index in [2.05, 4.69) is 16.0 Å². The average molecular weight is 426 g/mol. The van der Waals surface area contributed by atoms with E-state index < -0.39 is 5.97 Å². The molecule has 0 saturated heterocycles. The number of carbonyl (C=O) groups excluding carboxylic acids is 3. The molecule has 0 spiro atoms. The van der Waals surface area contributed by atoms with Crippen LogP contribution in [0.3, 0.4) is 0 Å². The average Bonchev–Trinajstić information content (AvgIpc) is 2.72. The van der Waals surface area contributed by atoms with Gasteiger partial charge in [-0.15, -0.1) is 0 Å². The third-order valence-corrected chi connectivity index (χ3v) is 4.81. The van der Waals surface area contributed by atoms with E-state index in [1.165, 1.54) is 5.56 Å². The zero-order valence-electron chi connectivity index (χ0n) is 18.7. The van der Waals surface area contributed by atoms with Crippen LogP contribution in [0, 0.1) is 13.8 Å². The Hall–Kier alpha value is -3.35. The molecule has 3 amide bonds. The van der Waals surface area contributed by atoms with Gasteiger partial charge in [-0.2, -0.15) is 0 Å². The number of ether oxygens (including phenoxy) is 1. The molecule has 7 nitrogen and oxygen atoms in total. The van der Waals surface area contributed by atoms with Crippen LogP contribution < -0.4 is 16.0 Å². The Kier molecular flexibility index (Phi) is 8.61. The highest BCUT2D eigenvalue weighted by Gasteiger charge is 2.14. The first-order valence-corrected chi connectivity index (χ1v) is 10.3. The lowest BCUT2D eigenvalue weighted by atomic mass is 10.0. The minimum atomic E-state index is -0.578. The van der Waals surface area contributed by atoms with Crippen molar-refractivity contribution in [3.63, 3.8) is 0 Å². The first-order valence-electron chi connectivity index (χ1n) is 10.3. The highest BCUT2D eigenvalue weighted by molar-refractivity contribution is 5.91. The number of esters is 1. The Bertz CT molecular complexity index is 923. The quantitative estimate of drug-likeness (QED) is 0.564. The Morgan fingerprint density at radius 3 is 2.19 bits per heavy atom. The van der Waals surface area contributed by atoms with Crippen LogP contribution >= 0.6 is 0 Å². The molecule has 0 aromatic heterocycles. The molecule has 2 aromatic carbocycles. The maximum absolute atomic E-state index is 12.2. The summed E-state index contributed by atoms with van der Waals surface area (Å²) >= 11 is 0. The van der Waals surface area contributed by atoms with Crippen LogP contribution in [0.1, 0.15) is 59.4 Å². The van der Waals surface area contributed by atoms with Gasteiger partial charge in [0.25, 0.3) is 5.91 Å². The Balaban J connectivity index is 1.80. The van der Waals surface area contributed by atoms with Crippen molar-refractivity contribution in [1.29, 1.82) is 0 Å². The van der Waals surface area contributed by atoms with Crippen LogP contribution in [0.2, 0.25) is 0 Å². The van der Waals surface area contributed by atoms with E-state index in [0.717, 1.165) is 16.7 Å². The fourth-order valence-corrected chi connectivity index (χ4v) is 2.87. The van der Waals surface area contributed by atoms with E-state index >= 15 is 0 Å². The number of carbonyl (C=O) groups is 3. The topological polar surface area (TPSA) is 96.5 Å². The van der Waals surface area contributed by atoms with E-state index in [0.29, 0.717) is 12.1 Å². The van der Waals surface area contributed by atoms with Crippen LogP contribution in [-0.2, 0) is 16.1 Å². The summed E-state index contributed by atoms with van der Waals surface area (Å²) < 4.78 is 5.12. The number of nitrogens with one attached hydrogen (secondary N) is 3. The zero-order chi connectivity index (χ0) is 23.0. The minimum absolute atomic E-state index is 0.0540. The summed E-state index contributed by atoms with van der Waals surface area (Å²) in [6.45, 7) is 9.69. The lowest BCUT2D eigenvalue weighted by molar-refractivity contribution is -0.124. The molecule has 31 heavy (non-hydrogen) atoms. The van der Waals surface area contributed by atoms with Gasteiger partial charge in [-0.3, -0.25) is 4.79 Å². The van der Waals surface area contributed by atoms with Crippen molar-refractivity contribution in [2.24, 2.45) is 0 Å². The number of rotatable bonds is 8. The summed E-state index contributed by atoms with van der Waals surface area (Å²) in [6, 6.07) is 12.3. The van der Waals surface area contributed by atoms with Crippen molar-refractivity contribution in [1.82, 2.24) is 16.0 Å². The molecule has 0 unspecified atom stereocenters. The summed E-state index contributed by atoms with van der Waals surface area (Å²) in [5.41, 5.74) is 4.52. The smallest absolute Gasteiger partial charge is 0.338 e. The first-order chi connectivity index (χ1) is 14.7. The lowest BCUT2D eigenvalue weighted by Crippen LogP contribution is -2.39. The second-order valence-electron chi connectivity index (χ2n) is 7.89.